The average Bonchev–Trinajstić information content (AvgIpc) is 2.68. The molecule has 30 heavy (non-hydrogen) atoms. The zero-order valence-corrected chi connectivity index (χ0v) is 20.7. The molecular formula is C23H31IN4OS. The van der Waals surface area contributed by atoms with Gasteiger partial charge in [-0.3, -0.25) is 9.79 Å². The van der Waals surface area contributed by atoms with E-state index < -0.39 is 0 Å². The Hall–Kier alpha value is -1.74. The minimum atomic E-state index is 0. The summed E-state index contributed by atoms with van der Waals surface area (Å²) in [7, 11) is 1.78. The van der Waals surface area contributed by atoms with Gasteiger partial charge in [0.1, 0.15) is 0 Å². The predicted octanol–water partition coefficient (Wildman–Crippen LogP) is 4.89. The van der Waals surface area contributed by atoms with Gasteiger partial charge >= 0.3 is 0 Å². The van der Waals surface area contributed by atoms with Crippen LogP contribution in [0.3, 0.4) is 0 Å². The van der Waals surface area contributed by atoms with E-state index in [9.17, 15) is 4.79 Å². The van der Waals surface area contributed by atoms with E-state index in [1.165, 1.54) is 4.90 Å². The molecule has 2 aromatic rings. The maximum Gasteiger partial charge on any atom is 0.227 e. The number of guanidine groups is 1. The molecule has 2 aromatic carbocycles. The number of carbonyl (C=O) groups is 1. The number of anilines is 1. The summed E-state index contributed by atoms with van der Waals surface area (Å²) in [6.45, 7) is 3.66. The van der Waals surface area contributed by atoms with Crippen molar-refractivity contribution < 1.29 is 4.79 Å². The van der Waals surface area contributed by atoms with Gasteiger partial charge in [-0.15, -0.1) is 35.7 Å². The summed E-state index contributed by atoms with van der Waals surface area (Å²) in [6.07, 6.45) is 3.18. The number of nitrogens with zero attached hydrogens (tertiary/aromatic N) is 1. The normalized spacial score (nSPS) is 14.8. The Morgan fingerprint density at radius 3 is 2.57 bits per heavy atom. The van der Waals surface area contributed by atoms with Crippen LogP contribution in [-0.2, 0) is 11.3 Å². The number of hydrogen-bond acceptors (Lipinski definition) is 3. The lowest BCUT2D eigenvalue weighted by Crippen LogP contribution is -2.39. The second-order valence-corrected chi connectivity index (χ2v) is 8.88. The van der Waals surface area contributed by atoms with Gasteiger partial charge in [0.15, 0.2) is 5.96 Å². The highest BCUT2D eigenvalue weighted by Gasteiger charge is 2.25. The van der Waals surface area contributed by atoms with Crippen molar-refractivity contribution in [3.63, 3.8) is 0 Å². The fourth-order valence-electron chi connectivity index (χ4n) is 3.09. The quantitative estimate of drug-likeness (QED) is 0.194. The molecule has 3 N–H and O–H groups in total. The Morgan fingerprint density at radius 2 is 1.90 bits per heavy atom. The molecule has 1 aliphatic rings. The summed E-state index contributed by atoms with van der Waals surface area (Å²) in [6, 6.07) is 18.4. The van der Waals surface area contributed by atoms with Gasteiger partial charge in [-0.1, -0.05) is 43.7 Å². The topological polar surface area (TPSA) is 65.5 Å². The largest absolute Gasteiger partial charge is 0.355 e. The Balaban J connectivity index is 0.00000320. The van der Waals surface area contributed by atoms with E-state index in [0.29, 0.717) is 11.8 Å². The lowest BCUT2D eigenvalue weighted by Gasteiger charge is -2.24. The molecule has 3 rings (SSSR count). The van der Waals surface area contributed by atoms with Gasteiger partial charge in [-0.05, 0) is 42.7 Å². The number of halogens is 1. The van der Waals surface area contributed by atoms with E-state index >= 15 is 0 Å². The number of amides is 1. The Labute approximate surface area is 200 Å². The predicted molar refractivity (Wildman–Crippen MR) is 138 cm³/mol. The van der Waals surface area contributed by atoms with E-state index in [4.69, 9.17) is 0 Å². The number of benzene rings is 2. The van der Waals surface area contributed by atoms with E-state index in [0.717, 1.165) is 43.0 Å². The van der Waals surface area contributed by atoms with Crippen molar-refractivity contribution in [3.8, 4) is 0 Å². The van der Waals surface area contributed by atoms with Crippen LogP contribution in [-0.4, -0.2) is 30.7 Å². The van der Waals surface area contributed by atoms with Crippen LogP contribution in [0.2, 0.25) is 0 Å². The Kier molecular flexibility index (Phi) is 10.5. The van der Waals surface area contributed by atoms with Crippen LogP contribution in [0, 0.1) is 5.92 Å². The molecule has 0 spiro atoms. The van der Waals surface area contributed by atoms with Crippen molar-refractivity contribution in [2.24, 2.45) is 10.9 Å². The summed E-state index contributed by atoms with van der Waals surface area (Å²) in [5, 5.41) is 10.2. The number of aliphatic imine (C=N–C) groups is 1. The standard InChI is InChI=1S/C23H30N4OS.HI/c1-17(29-21-12-4-3-5-13-21)15-25-23(24-2)26-16-18-8-6-11-20(14-18)27-22(28)19-9-7-10-19;/h3-6,8,11-14,17,19H,7,9-10,15-16H2,1-2H3,(H,27,28)(H2,24,25,26);1H. The first-order chi connectivity index (χ1) is 14.1. The summed E-state index contributed by atoms with van der Waals surface area (Å²) < 4.78 is 0. The van der Waals surface area contributed by atoms with Crippen LogP contribution < -0.4 is 16.0 Å². The van der Waals surface area contributed by atoms with Crippen molar-refractivity contribution in [2.75, 3.05) is 18.9 Å². The van der Waals surface area contributed by atoms with Crippen LogP contribution in [0.25, 0.3) is 0 Å². The van der Waals surface area contributed by atoms with Gasteiger partial charge in [-0.25, -0.2) is 0 Å². The molecule has 7 heteroatoms. The molecule has 1 saturated carbocycles. The van der Waals surface area contributed by atoms with Gasteiger partial charge < -0.3 is 16.0 Å². The zero-order valence-electron chi connectivity index (χ0n) is 17.6. The van der Waals surface area contributed by atoms with E-state index in [2.05, 4.69) is 52.1 Å². The molecule has 1 atom stereocenters. The summed E-state index contributed by atoms with van der Waals surface area (Å²) in [4.78, 5) is 17.7. The first kappa shape index (κ1) is 24.5. The second kappa shape index (κ2) is 12.8. The van der Waals surface area contributed by atoms with Crippen molar-refractivity contribution >= 4 is 53.3 Å². The highest BCUT2D eigenvalue weighted by Crippen LogP contribution is 2.27. The van der Waals surface area contributed by atoms with Gasteiger partial charge in [0, 0.05) is 41.9 Å². The summed E-state index contributed by atoms with van der Waals surface area (Å²) in [5.41, 5.74) is 1.96. The minimum Gasteiger partial charge on any atom is -0.355 e. The monoisotopic (exact) mass is 538 g/mol. The molecule has 0 aromatic heterocycles. The molecule has 1 aliphatic carbocycles. The first-order valence-electron chi connectivity index (χ1n) is 10.2. The second-order valence-electron chi connectivity index (χ2n) is 7.37. The van der Waals surface area contributed by atoms with Gasteiger partial charge in [-0.2, -0.15) is 0 Å². The third-order valence-corrected chi connectivity index (χ3v) is 6.10. The number of rotatable bonds is 8. The molecular weight excluding hydrogens is 507 g/mol. The van der Waals surface area contributed by atoms with Crippen LogP contribution in [0.1, 0.15) is 31.7 Å². The van der Waals surface area contributed by atoms with E-state index in [-0.39, 0.29) is 35.8 Å². The smallest absolute Gasteiger partial charge is 0.227 e. The average molecular weight is 538 g/mol. The maximum atomic E-state index is 12.1. The van der Waals surface area contributed by atoms with Crippen molar-refractivity contribution in [2.45, 2.75) is 42.9 Å². The third kappa shape index (κ3) is 7.83. The van der Waals surface area contributed by atoms with Gasteiger partial charge in [0.2, 0.25) is 5.91 Å². The van der Waals surface area contributed by atoms with Crippen molar-refractivity contribution in [1.29, 1.82) is 0 Å². The fraction of sp³-hybridized carbons (Fsp3) is 0.391. The number of hydrogen-bond donors (Lipinski definition) is 3. The molecule has 1 amide bonds. The van der Waals surface area contributed by atoms with E-state index in [1.807, 2.05) is 42.1 Å². The molecule has 0 heterocycles. The Morgan fingerprint density at radius 1 is 1.13 bits per heavy atom. The molecule has 0 aliphatic heterocycles. The fourth-order valence-corrected chi connectivity index (χ4v) is 4.04. The van der Waals surface area contributed by atoms with Gasteiger partial charge in [0.25, 0.3) is 0 Å². The van der Waals surface area contributed by atoms with Crippen molar-refractivity contribution in [1.82, 2.24) is 10.6 Å². The number of thioether (sulfide) groups is 1. The van der Waals surface area contributed by atoms with Crippen LogP contribution in [0.5, 0.6) is 0 Å². The highest BCUT2D eigenvalue weighted by atomic mass is 127. The Bertz CT molecular complexity index is 827. The lowest BCUT2D eigenvalue weighted by atomic mass is 9.85. The molecule has 0 radical (unpaired) electrons. The highest BCUT2D eigenvalue weighted by molar-refractivity contribution is 14.0. The zero-order chi connectivity index (χ0) is 20.5. The third-order valence-electron chi connectivity index (χ3n) is 4.99. The maximum absolute atomic E-state index is 12.1. The molecule has 1 fully saturated rings. The molecule has 1 unspecified atom stereocenters. The SMILES string of the molecule is CN=C(NCc1cccc(NC(=O)C2CCC2)c1)NCC(C)Sc1ccccc1.I. The summed E-state index contributed by atoms with van der Waals surface area (Å²) in [5.74, 6) is 1.11. The van der Waals surface area contributed by atoms with Crippen LogP contribution in [0.15, 0.2) is 64.5 Å². The molecule has 162 valence electrons. The van der Waals surface area contributed by atoms with Gasteiger partial charge in [0.05, 0.1) is 0 Å². The molecule has 0 bridgehead atoms. The van der Waals surface area contributed by atoms with Crippen molar-refractivity contribution in [3.05, 3.63) is 60.2 Å². The minimum absolute atomic E-state index is 0. The first-order valence-corrected chi connectivity index (χ1v) is 11.1. The van der Waals surface area contributed by atoms with Crippen LogP contribution in [0.4, 0.5) is 5.69 Å². The summed E-state index contributed by atoms with van der Waals surface area (Å²) >= 11 is 1.84. The van der Waals surface area contributed by atoms with Crippen LogP contribution >= 0.6 is 35.7 Å². The number of carbonyl (C=O) groups excluding carboxylic acids is 1. The molecule has 5 nitrogen and oxygen atoms in total. The number of nitrogens with one attached hydrogen (secondary N) is 3. The lowest BCUT2D eigenvalue weighted by molar-refractivity contribution is -0.122. The molecule has 0 saturated heterocycles. The van der Waals surface area contributed by atoms with E-state index in [1.54, 1.807) is 7.05 Å².